The first-order valence-corrected chi connectivity index (χ1v) is 12.4. The van der Waals surface area contributed by atoms with Gasteiger partial charge in [-0.3, -0.25) is 9.10 Å². The second-order valence-corrected chi connectivity index (χ2v) is 9.81. The zero-order valence-electron chi connectivity index (χ0n) is 19.9. The smallest absolute Gasteiger partial charge is 0.268 e. The standard InChI is InChI=1S/C25H27ClN2O6S/c1-17-9-11-23(34-4)24(13-17)35(30,31)28(19-10-12-22(33-3)20(26)14-19)16-25(29)27-15-18-7-5-6-8-21(18)32-2/h5-14H,15-16H2,1-4H3,(H,27,29). The van der Waals surface area contributed by atoms with Crippen molar-refractivity contribution < 1.29 is 27.4 Å². The zero-order chi connectivity index (χ0) is 25.6. The second kappa shape index (κ2) is 11.3. The molecule has 186 valence electrons. The van der Waals surface area contributed by atoms with Crippen LogP contribution in [0.15, 0.2) is 65.6 Å². The van der Waals surface area contributed by atoms with Gasteiger partial charge in [0.1, 0.15) is 28.7 Å². The summed E-state index contributed by atoms with van der Waals surface area (Å²) in [6, 6.07) is 16.6. The van der Waals surface area contributed by atoms with Crippen molar-refractivity contribution in [2.75, 3.05) is 32.2 Å². The lowest BCUT2D eigenvalue weighted by Crippen LogP contribution is -2.40. The Morgan fingerprint density at radius 2 is 1.57 bits per heavy atom. The third-order valence-corrected chi connectivity index (χ3v) is 7.36. The first kappa shape index (κ1) is 26.2. The number of benzene rings is 3. The number of methoxy groups -OCH3 is 3. The fourth-order valence-electron chi connectivity index (χ4n) is 3.46. The van der Waals surface area contributed by atoms with Crippen molar-refractivity contribution in [1.82, 2.24) is 5.32 Å². The molecule has 0 fully saturated rings. The average Bonchev–Trinajstić information content (AvgIpc) is 2.86. The summed E-state index contributed by atoms with van der Waals surface area (Å²) >= 11 is 6.28. The van der Waals surface area contributed by atoms with Crippen LogP contribution in [0.5, 0.6) is 17.2 Å². The second-order valence-electron chi connectivity index (χ2n) is 7.57. The van der Waals surface area contributed by atoms with E-state index >= 15 is 0 Å². The topological polar surface area (TPSA) is 94.2 Å². The number of hydrogen-bond acceptors (Lipinski definition) is 6. The molecule has 0 bridgehead atoms. The molecule has 0 heterocycles. The van der Waals surface area contributed by atoms with Gasteiger partial charge >= 0.3 is 0 Å². The average molecular weight is 519 g/mol. The predicted molar refractivity (Wildman–Crippen MR) is 135 cm³/mol. The first-order valence-electron chi connectivity index (χ1n) is 10.6. The molecule has 0 spiro atoms. The summed E-state index contributed by atoms with van der Waals surface area (Å²) < 4.78 is 44.4. The molecule has 3 aromatic carbocycles. The summed E-state index contributed by atoms with van der Waals surface area (Å²) in [6.07, 6.45) is 0. The minimum Gasteiger partial charge on any atom is -0.496 e. The Balaban J connectivity index is 1.98. The maximum atomic E-state index is 13.8. The van der Waals surface area contributed by atoms with Gasteiger partial charge in [0.2, 0.25) is 5.91 Å². The van der Waals surface area contributed by atoms with Crippen LogP contribution in [0.2, 0.25) is 5.02 Å². The summed E-state index contributed by atoms with van der Waals surface area (Å²) in [4.78, 5) is 12.9. The van der Waals surface area contributed by atoms with Crippen LogP contribution < -0.4 is 23.8 Å². The number of sulfonamides is 1. The van der Waals surface area contributed by atoms with Crippen molar-refractivity contribution in [2.45, 2.75) is 18.4 Å². The summed E-state index contributed by atoms with van der Waals surface area (Å²) in [6.45, 7) is 1.44. The van der Waals surface area contributed by atoms with E-state index in [1.807, 2.05) is 18.2 Å². The highest BCUT2D eigenvalue weighted by Gasteiger charge is 2.30. The minimum atomic E-state index is -4.22. The Bertz CT molecular complexity index is 1310. The maximum Gasteiger partial charge on any atom is 0.268 e. The molecule has 1 N–H and O–H groups in total. The van der Waals surface area contributed by atoms with E-state index < -0.39 is 22.5 Å². The summed E-state index contributed by atoms with van der Waals surface area (Å²) in [5, 5.41) is 2.97. The molecule has 3 rings (SSSR count). The van der Waals surface area contributed by atoms with Crippen LogP contribution in [0.25, 0.3) is 0 Å². The molecule has 0 radical (unpaired) electrons. The normalized spacial score (nSPS) is 11.0. The number of carbonyl (C=O) groups is 1. The molecule has 0 atom stereocenters. The van der Waals surface area contributed by atoms with Crippen LogP contribution in [0.4, 0.5) is 5.69 Å². The molecule has 10 heteroatoms. The number of halogens is 1. The van der Waals surface area contributed by atoms with Crippen LogP contribution >= 0.6 is 11.6 Å². The Morgan fingerprint density at radius 3 is 2.23 bits per heavy atom. The molecule has 0 aliphatic heterocycles. The molecule has 0 unspecified atom stereocenters. The third kappa shape index (κ3) is 5.98. The number of hydrogen-bond donors (Lipinski definition) is 1. The van der Waals surface area contributed by atoms with E-state index in [9.17, 15) is 13.2 Å². The number of amides is 1. The predicted octanol–water partition coefficient (Wildman–Crippen LogP) is 4.19. The van der Waals surface area contributed by atoms with Crippen molar-refractivity contribution >= 4 is 33.2 Å². The van der Waals surface area contributed by atoms with Crippen LogP contribution in [0.1, 0.15) is 11.1 Å². The van der Waals surface area contributed by atoms with E-state index in [1.165, 1.54) is 39.5 Å². The fourth-order valence-corrected chi connectivity index (χ4v) is 5.37. The quantitative estimate of drug-likeness (QED) is 0.432. The largest absolute Gasteiger partial charge is 0.496 e. The highest BCUT2D eigenvalue weighted by molar-refractivity contribution is 7.93. The lowest BCUT2D eigenvalue weighted by Gasteiger charge is -2.25. The van der Waals surface area contributed by atoms with Crippen LogP contribution in [0, 0.1) is 6.92 Å². The number of nitrogens with one attached hydrogen (secondary N) is 1. The Labute approximate surface area is 210 Å². The molecule has 0 aliphatic rings. The number of para-hydroxylation sites is 1. The van der Waals surface area contributed by atoms with Gasteiger partial charge in [-0.25, -0.2) is 8.42 Å². The zero-order valence-corrected chi connectivity index (χ0v) is 21.4. The molecule has 0 aliphatic carbocycles. The molecule has 3 aromatic rings. The highest BCUT2D eigenvalue weighted by Crippen LogP contribution is 2.34. The number of nitrogens with zero attached hydrogens (tertiary/aromatic N) is 1. The van der Waals surface area contributed by atoms with Crippen molar-refractivity contribution in [3.05, 3.63) is 76.8 Å². The number of aryl methyl sites for hydroxylation is 1. The fraction of sp³-hybridized carbons (Fsp3) is 0.240. The van der Waals surface area contributed by atoms with E-state index in [-0.39, 0.29) is 27.9 Å². The van der Waals surface area contributed by atoms with Gasteiger partial charge in [0.05, 0.1) is 32.0 Å². The van der Waals surface area contributed by atoms with Gasteiger partial charge in [-0.15, -0.1) is 0 Å². The number of anilines is 1. The van der Waals surface area contributed by atoms with E-state index in [1.54, 1.807) is 31.2 Å². The van der Waals surface area contributed by atoms with Crippen LogP contribution in [-0.2, 0) is 21.4 Å². The van der Waals surface area contributed by atoms with Crippen LogP contribution in [-0.4, -0.2) is 42.2 Å². The lowest BCUT2D eigenvalue weighted by atomic mass is 10.2. The number of carbonyl (C=O) groups excluding carboxylic acids is 1. The maximum absolute atomic E-state index is 13.8. The van der Waals surface area contributed by atoms with Gasteiger partial charge in [-0.2, -0.15) is 0 Å². The highest BCUT2D eigenvalue weighted by atomic mass is 35.5. The monoisotopic (exact) mass is 518 g/mol. The van der Waals surface area contributed by atoms with E-state index in [0.717, 1.165) is 15.4 Å². The van der Waals surface area contributed by atoms with Gasteiger partial charge in [0.25, 0.3) is 10.0 Å². The molecule has 0 saturated carbocycles. The molecule has 35 heavy (non-hydrogen) atoms. The molecule has 1 amide bonds. The van der Waals surface area contributed by atoms with Gasteiger partial charge in [-0.1, -0.05) is 35.9 Å². The summed E-state index contributed by atoms with van der Waals surface area (Å²) in [7, 11) is 0.160. The third-order valence-electron chi connectivity index (χ3n) is 5.27. The molecule has 8 nitrogen and oxygen atoms in total. The van der Waals surface area contributed by atoms with Crippen molar-refractivity contribution in [1.29, 1.82) is 0 Å². The molecular weight excluding hydrogens is 492 g/mol. The molecular formula is C25H27ClN2O6S. The Hall–Kier alpha value is -3.43. The van der Waals surface area contributed by atoms with E-state index in [0.29, 0.717) is 11.5 Å². The summed E-state index contributed by atoms with van der Waals surface area (Å²) in [5.41, 5.74) is 1.68. The minimum absolute atomic E-state index is 0.0653. The van der Waals surface area contributed by atoms with Gasteiger partial charge in [0.15, 0.2) is 0 Å². The van der Waals surface area contributed by atoms with Crippen molar-refractivity contribution in [3.8, 4) is 17.2 Å². The van der Waals surface area contributed by atoms with E-state index in [4.69, 9.17) is 25.8 Å². The number of rotatable bonds is 10. The van der Waals surface area contributed by atoms with Gasteiger partial charge < -0.3 is 19.5 Å². The SMILES string of the molecule is COc1ccc(N(CC(=O)NCc2ccccc2OC)S(=O)(=O)c2cc(C)ccc2OC)cc1Cl. The molecule has 0 saturated heterocycles. The Kier molecular flexibility index (Phi) is 8.48. The van der Waals surface area contributed by atoms with Crippen molar-refractivity contribution in [2.24, 2.45) is 0 Å². The molecule has 0 aromatic heterocycles. The van der Waals surface area contributed by atoms with Crippen molar-refractivity contribution in [3.63, 3.8) is 0 Å². The first-order chi connectivity index (χ1) is 16.7. The van der Waals surface area contributed by atoms with Gasteiger partial charge in [0, 0.05) is 12.1 Å². The Morgan fingerprint density at radius 1 is 0.914 bits per heavy atom. The lowest BCUT2D eigenvalue weighted by molar-refractivity contribution is -0.119. The van der Waals surface area contributed by atoms with Crippen LogP contribution in [0.3, 0.4) is 0 Å². The number of ether oxygens (including phenoxy) is 3. The van der Waals surface area contributed by atoms with Gasteiger partial charge in [-0.05, 0) is 48.9 Å². The summed E-state index contributed by atoms with van der Waals surface area (Å²) in [5.74, 6) is 0.637. The van der Waals surface area contributed by atoms with E-state index in [2.05, 4.69) is 5.32 Å².